The van der Waals surface area contributed by atoms with Crippen LogP contribution in [0.1, 0.15) is 36.0 Å². The number of benzene rings is 1. The van der Waals surface area contributed by atoms with Crippen molar-refractivity contribution in [2.75, 3.05) is 0 Å². The van der Waals surface area contributed by atoms with Crippen LogP contribution in [0.2, 0.25) is 0 Å². The third-order valence-electron chi connectivity index (χ3n) is 3.40. The number of fused-ring (bicyclic) bond motifs is 1. The van der Waals surface area contributed by atoms with Crippen LogP contribution in [-0.2, 0) is 24.1 Å². The second-order valence-electron chi connectivity index (χ2n) is 4.70. The van der Waals surface area contributed by atoms with Crippen LogP contribution in [0.4, 0.5) is 0 Å². The van der Waals surface area contributed by atoms with Gasteiger partial charge in [0.1, 0.15) is 0 Å². The van der Waals surface area contributed by atoms with Crippen molar-refractivity contribution >= 4 is 5.97 Å². The molecule has 1 aromatic carbocycles. The highest BCUT2D eigenvalue weighted by atomic mass is 16.4. The van der Waals surface area contributed by atoms with Crippen molar-refractivity contribution in [2.24, 2.45) is 0 Å². The van der Waals surface area contributed by atoms with Gasteiger partial charge in [0, 0.05) is 0 Å². The molecule has 1 aliphatic rings. The van der Waals surface area contributed by atoms with Crippen molar-refractivity contribution in [2.45, 2.75) is 44.6 Å². The number of hydrogen-bond donors (Lipinski definition) is 2. The Balaban J connectivity index is 2.00. The summed E-state index contributed by atoms with van der Waals surface area (Å²) in [5.74, 6) is -1.14. The van der Waals surface area contributed by atoms with Gasteiger partial charge in [-0.3, -0.25) is 0 Å². The molecule has 17 heavy (non-hydrogen) atoms. The van der Waals surface area contributed by atoms with E-state index in [0.29, 0.717) is 6.42 Å². The fourth-order valence-corrected chi connectivity index (χ4v) is 2.37. The first kappa shape index (κ1) is 12.1. The normalized spacial score (nSPS) is 16.3. The highest BCUT2D eigenvalue weighted by molar-refractivity contribution is 5.71. The molecule has 3 nitrogen and oxygen atoms in total. The first-order valence-corrected chi connectivity index (χ1v) is 6.18. The molecule has 0 fully saturated rings. The smallest absolute Gasteiger partial charge is 0.332 e. The maximum atomic E-state index is 10.5. The maximum Gasteiger partial charge on any atom is 0.332 e. The first-order chi connectivity index (χ1) is 8.16. The van der Waals surface area contributed by atoms with Gasteiger partial charge < -0.3 is 10.2 Å². The Morgan fingerprint density at radius 3 is 2.65 bits per heavy atom. The molecule has 0 amide bonds. The van der Waals surface area contributed by atoms with Crippen molar-refractivity contribution in [1.82, 2.24) is 0 Å². The number of aliphatic hydroxyl groups is 1. The van der Waals surface area contributed by atoms with Gasteiger partial charge >= 0.3 is 5.97 Å². The zero-order valence-corrected chi connectivity index (χ0v) is 9.85. The van der Waals surface area contributed by atoms with Crippen LogP contribution < -0.4 is 0 Å². The molecule has 0 saturated heterocycles. The number of hydrogen-bond acceptors (Lipinski definition) is 2. The summed E-state index contributed by atoms with van der Waals surface area (Å²) in [5, 5.41) is 17.8. The van der Waals surface area contributed by atoms with Crippen molar-refractivity contribution in [1.29, 1.82) is 0 Å². The number of aryl methyl sites for hydroxylation is 3. The molecule has 2 rings (SSSR count). The Bertz CT molecular complexity index is 412. The monoisotopic (exact) mass is 234 g/mol. The van der Waals surface area contributed by atoms with Gasteiger partial charge in [-0.15, -0.1) is 0 Å². The molecule has 1 atom stereocenters. The number of aliphatic hydroxyl groups excluding tert-OH is 1. The Labute approximate surface area is 101 Å². The van der Waals surface area contributed by atoms with Gasteiger partial charge in [-0.25, -0.2) is 4.79 Å². The topological polar surface area (TPSA) is 57.5 Å². The molecule has 0 radical (unpaired) electrons. The molecule has 0 aliphatic heterocycles. The minimum Gasteiger partial charge on any atom is -0.479 e. The fourth-order valence-electron chi connectivity index (χ4n) is 2.37. The summed E-state index contributed by atoms with van der Waals surface area (Å²) in [7, 11) is 0. The highest BCUT2D eigenvalue weighted by Gasteiger charge is 2.14. The maximum absolute atomic E-state index is 10.5. The number of carboxylic acid groups (broad SMARTS) is 1. The van der Waals surface area contributed by atoms with Gasteiger partial charge in [-0.1, -0.05) is 18.2 Å². The van der Waals surface area contributed by atoms with Crippen molar-refractivity contribution in [3.8, 4) is 0 Å². The van der Waals surface area contributed by atoms with Crippen LogP contribution in [0, 0.1) is 0 Å². The van der Waals surface area contributed by atoms with Crippen LogP contribution in [-0.4, -0.2) is 22.3 Å². The molecule has 0 bridgehead atoms. The average molecular weight is 234 g/mol. The van der Waals surface area contributed by atoms with Crippen LogP contribution in [0.25, 0.3) is 0 Å². The van der Waals surface area contributed by atoms with Gasteiger partial charge in [0.05, 0.1) is 0 Å². The molecule has 1 aliphatic carbocycles. The van der Waals surface area contributed by atoms with Crippen LogP contribution in [0.3, 0.4) is 0 Å². The summed E-state index contributed by atoms with van der Waals surface area (Å²) >= 11 is 0. The summed E-state index contributed by atoms with van der Waals surface area (Å²) in [5.41, 5.74) is 3.96. The van der Waals surface area contributed by atoms with E-state index in [9.17, 15) is 9.90 Å². The molecule has 92 valence electrons. The lowest BCUT2D eigenvalue weighted by Gasteiger charge is -2.16. The van der Waals surface area contributed by atoms with Crippen molar-refractivity contribution in [3.63, 3.8) is 0 Å². The summed E-state index contributed by atoms with van der Waals surface area (Å²) in [6.45, 7) is 0. The van der Waals surface area contributed by atoms with E-state index >= 15 is 0 Å². The molecule has 2 N–H and O–H groups in total. The second kappa shape index (κ2) is 5.32. The summed E-state index contributed by atoms with van der Waals surface area (Å²) in [4.78, 5) is 10.5. The summed E-state index contributed by atoms with van der Waals surface area (Å²) in [6, 6.07) is 6.37. The van der Waals surface area contributed by atoms with E-state index in [1.54, 1.807) is 0 Å². The lowest BCUT2D eigenvalue weighted by atomic mass is 9.89. The van der Waals surface area contributed by atoms with E-state index in [1.807, 2.05) is 0 Å². The van der Waals surface area contributed by atoms with Crippen LogP contribution in [0.5, 0.6) is 0 Å². The predicted octanol–water partition coefficient (Wildman–Crippen LogP) is 1.94. The molecule has 3 heteroatoms. The largest absolute Gasteiger partial charge is 0.479 e. The quantitative estimate of drug-likeness (QED) is 0.837. The molecule has 0 heterocycles. The lowest BCUT2D eigenvalue weighted by molar-refractivity contribution is -0.146. The van der Waals surface area contributed by atoms with E-state index in [0.717, 1.165) is 18.4 Å². The van der Waals surface area contributed by atoms with E-state index in [1.165, 1.54) is 24.0 Å². The van der Waals surface area contributed by atoms with Crippen molar-refractivity contribution in [3.05, 3.63) is 34.9 Å². The number of carboxylic acids is 1. The molecule has 0 aromatic heterocycles. The summed E-state index contributed by atoms with van der Waals surface area (Å²) < 4.78 is 0. The van der Waals surface area contributed by atoms with Crippen LogP contribution in [0.15, 0.2) is 18.2 Å². The SMILES string of the molecule is O=C(O)C(O)CCc1ccc2c(c1)CCCC2. The summed E-state index contributed by atoms with van der Waals surface area (Å²) in [6.07, 6.45) is 4.47. The van der Waals surface area contributed by atoms with Gasteiger partial charge in [0.25, 0.3) is 0 Å². The third kappa shape index (κ3) is 3.07. The molecule has 1 aromatic rings. The van der Waals surface area contributed by atoms with Crippen molar-refractivity contribution < 1.29 is 15.0 Å². The molecule has 0 saturated carbocycles. The second-order valence-corrected chi connectivity index (χ2v) is 4.70. The molecule has 0 spiro atoms. The molecular formula is C14H18O3. The average Bonchev–Trinajstić information content (AvgIpc) is 2.35. The highest BCUT2D eigenvalue weighted by Crippen LogP contribution is 2.22. The van der Waals surface area contributed by atoms with E-state index in [4.69, 9.17) is 5.11 Å². The Morgan fingerprint density at radius 1 is 1.24 bits per heavy atom. The number of rotatable bonds is 4. The number of carbonyl (C=O) groups is 1. The predicted molar refractivity (Wildman–Crippen MR) is 65.0 cm³/mol. The fraction of sp³-hybridized carbons (Fsp3) is 0.500. The van der Waals surface area contributed by atoms with Crippen LogP contribution >= 0.6 is 0 Å². The number of aliphatic carboxylic acids is 1. The molecular weight excluding hydrogens is 216 g/mol. The zero-order valence-electron chi connectivity index (χ0n) is 9.85. The van der Waals surface area contributed by atoms with Gasteiger partial charge in [0.15, 0.2) is 6.10 Å². The van der Waals surface area contributed by atoms with E-state index in [2.05, 4.69) is 18.2 Å². The van der Waals surface area contributed by atoms with E-state index < -0.39 is 12.1 Å². The first-order valence-electron chi connectivity index (χ1n) is 6.18. The third-order valence-corrected chi connectivity index (χ3v) is 3.40. The minimum absolute atomic E-state index is 0.286. The van der Waals surface area contributed by atoms with Gasteiger partial charge in [0.2, 0.25) is 0 Å². The lowest BCUT2D eigenvalue weighted by Crippen LogP contribution is -2.20. The standard InChI is InChI=1S/C14H18O3/c15-13(14(16)17)8-6-10-5-7-11-3-1-2-4-12(11)9-10/h5,7,9,13,15H,1-4,6,8H2,(H,16,17). The van der Waals surface area contributed by atoms with Gasteiger partial charge in [-0.05, 0) is 55.2 Å². The van der Waals surface area contributed by atoms with Gasteiger partial charge in [-0.2, -0.15) is 0 Å². The minimum atomic E-state index is -1.24. The molecule has 1 unspecified atom stereocenters. The Kier molecular flexibility index (Phi) is 3.79. The Morgan fingerprint density at radius 2 is 1.94 bits per heavy atom. The van der Waals surface area contributed by atoms with E-state index in [-0.39, 0.29) is 6.42 Å². The zero-order chi connectivity index (χ0) is 12.3. The Hall–Kier alpha value is -1.35.